The lowest BCUT2D eigenvalue weighted by molar-refractivity contribution is -0.138. The van der Waals surface area contributed by atoms with Crippen LogP contribution in [0.4, 0.5) is 0 Å². The van der Waals surface area contributed by atoms with Gasteiger partial charge in [0.1, 0.15) is 5.75 Å². The number of hydrogen-bond donors (Lipinski definition) is 2. The van der Waals surface area contributed by atoms with Gasteiger partial charge >= 0.3 is 5.97 Å². The van der Waals surface area contributed by atoms with Crippen LogP contribution in [0.15, 0.2) is 72.3 Å². The average molecular weight is 419 g/mol. The van der Waals surface area contributed by atoms with Gasteiger partial charge in [-0.25, -0.2) is 4.79 Å². The number of nitrogens with one attached hydrogen (secondary N) is 2. The Balaban J connectivity index is 2.02. The van der Waals surface area contributed by atoms with Crippen molar-refractivity contribution in [3.05, 3.63) is 83.4 Å². The first-order valence-electron chi connectivity index (χ1n) is 9.74. The summed E-state index contributed by atoms with van der Waals surface area (Å²) >= 11 is 5.52. The Morgan fingerprint density at radius 1 is 1.03 bits per heavy atom. The number of benzene rings is 3. The van der Waals surface area contributed by atoms with Gasteiger partial charge in [-0.3, -0.25) is 0 Å². The molecule has 0 saturated heterocycles. The Morgan fingerprint density at radius 2 is 1.77 bits per heavy atom. The Bertz CT molecular complexity index is 1140. The predicted molar refractivity (Wildman–Crippen MR) is 122 cm³/mol. The average Bonchev–Trinajstić information content (AvgIpc) is 2.78. The predicted octanol–water partition coefficient (Wildman–Crippen LogP) is 4.34. The first kappa shape index (κ1) is 19.9. The number of esters is 1. The highest BCUT2D eigenvalue weighted by molar-refractivity contribution is 7.80. The summed E-state index contributed by atoms with van der Waals surface area (Å²) in [6.07, 6.45) is 0. The maximum atomic E-state index is 13.2. The lowest BCUT2D eigenvalue weighted by Gasteiger charge is -2.32. The van der Waals surface area contributed by atoms with E-state index in [2.05, 4.69) is 10.6 Å². The van der Waals surface area contributed by atoms with E-state index in [9.17, 15) is 4.79 Å². The van der Waals surface area contributed by atoms with Crippen molar-refractivity contribution in [3.8, 4) is 5.75 Å². The fourth-order valence-corrected chi connectivity index (χ4v) is 4.01. The van der Waals surface area contributed by atoms with E-state index in [1.165, 1.54) is 0 Å². The molecule has 0 fully saturated rings. The number of rotatable bonds is 5. The van der Waals surface area contributed by atoms with E-state index in [1.807, 2.05) is 66.7 Å². The topological polar surface area (TPSA) is 59.6 Å². The molecule has 5 nitrogen and oxygen atoms in total. The number of carbonyl (C=O) groups excluding carboxylic acids is 1. The number of hydrogen-bond acceptors (Lipinski definition) is 4. The number of carbonyl (C=O) groups is 1. The number of ether oxygens (including phenoxy) is 2. The smallest absolute Gasteiger partial charge is 0.338 e. The van der Waals surface area contributed by atoms with Crippen molar-refractivity contribution in [3.63, 3.8) is 0 Å². The first-order chi connectivity index (χ1) is 14.6. The Kier molecular flexibility index (Phi) is 5.68. The third-order valence-electron chi connectivity index (χ3n) is 5.07. The maximum absolute atomic E-state index is 13.2. The van der Waals surface area contributed by atoms with Gasteiger partial charge < -0.3 is 20.1 Å². The summed E-state index contributed by atoms with van der Waals surface area (Å²) in [4.78, 5) is 13.2. The van der Waals surface area contributed by atoms with Crippen LogP contribution < -0.4 is 15.4 Å². The molecule has 0 amide bonds. The van der Waals surface area contributed by atoms with E-state index in [1.54, 1.807) is 14.0 Å². The first-order valence-corrected chi connectivity index (χ1v) is 10.1. The molecule has 0 aliphatic carbocycles. The van der Waals surface area contributed by atoms with Crippen molar-refractivity contribution in [2.24, 2.45) is 0 Å². The minimum Gasteiger partial charge on any atom is -0.496 e. The molecule has 0 spiro atoms. The Morgan fingerprint density at radius 3 is 2.50 bits per heavy atom. The maximum Gasteiger partial charge on any atom is 0.338 e. The van der Waals surface area contributed by atoms with E-state index in [-0.39, 0.29) is 6.61 Å². The molecular formula is C24H22N2O3S. The summed E-state index contributed by atoms with van der Waals surface area (Å²) in [5, 5.41) is 8.89. The second-order valence-electron chi connectivity index (χ2n) is 6.81. The Hall–Kier alpha value is -3.38. The van der Waals surface area contributed by atoms with E-state index in [4.69, 9.17) is 21.7 Å². The van der Waals surface area contributed by atoms with Gasteiger partial charge in [0.2, 0.25) is 0 Å². The van der Waals surface area contributed by atoms with Crippen LogP contribution in [-0.2, 0) is 9.53 Å². The molecule has 0 bridgehead atoms. The summed E-state index contributed by atoms with van der Waals surface area (Å²) in [5.74, 6) is 0.268. The SMILES string of the molecule is CCOC(=O)C1=C(c2ccccc2)NC(=S)N[C@@H]1c1c(OC)ccc2ccccc12. The molecule has 0 radical (unpaired) electrons. The number of fused-ring (bicyclic) bond motifs is 1. The molecule has 1 heterocycles. The molecular weight excluding hydrogens is 396 g/mol. The van der Waals surface area contributed by atoms with Crippen LogP contribution in [0.5, 0.6) is 5.75 Å². The molecule has 1 aliphatic heterocycles. The highest BCUT2D eigenvalue weighted by Crippen LogP contribution is 2.40. The van der Waals surface area contributed by atoms with Crippen molar-refractivity contribution in [2.45, 2.75) is 13.0 Å². The van der Waals surface area contributed by atoms with Crippen molar-refractivity contribution < 1.29 is 14.3 Å². The zero-order chi connectivity index (χ0) is 21.1. The van der Waals surface area contributed by atoms with Crippen molar-refractivity contribution >= 4 is 39.8 Å². The lowest BCUT2D eigenvalue weighted by Crippen LogP contribution is -2.45. The van der Waals surface area contributed by atoms with Crippen LogP contribution in [0, 0.1) is 0 Å². The molecule has 1 atom stereocenters. The standard InChI is InChI=1S/C24H22N2O3S/c1-3-29-23(27)20-21(16-10-5-4-6-11-16)25-24(30)26-22(20)19-17-12-8-7-9-15(17)13-14-18(19)28-2/h4-14,22H,3H2,1-2H3,(H2,25,26,30)/t22-/m1/s1. The second kappa shape index (κ2) is 8.55. The van der Waals surface area contributed by atoms with Crippen LogP contribution in [0.1, 0.15) is 24.1 Å². The van der Waals surface area contributed by atoms with Gasteiger partial charge in [0, 0.05) is 5.56 Å². The molecule has 6 heteroatoms. The zero-order valence-electron chi connectivity index (χ0n) is 16.8. The summed E-state index contributed by atoms with van der Waals surface area (Å²) in [6, 6.07) is 21.0. The fourth-order valence-electron chi connectivity index (χ4n) is 3.79. The minimum absolute atomic E-state index is 0.272. The van der Waals surface area contributed by atoms with Gasteiger partial charge in [-0.2, -0.15) is 0 Å². The van der Waals surface area contributed by atoms with Crippen LogP contribution in [0.3, 0.4) is 0 Å². The molecule has 0 saturated carbocycles. The summed E-state index contributed by atoms with van der Waals surface area (Å²) in [7, 11) is 1.62. The van der Waals surface area contributed by atoms with Crippen LogP contribution >= 0.6 is 12.2 Å². The van der Waals surface area contributed by atoms with Crippen LogP contribution in [0.2, 0.25) is 0 Å². The largest absolute Gasteiger partial charge is 0.496 e. The molecule has 152 valence electrons. The van der Waals surface area contributed by atoms with Gasteiger partial charge in [0.05, 0.1) is 31.0 Å². The molecule has 1 aliphatic rings. The minimum atomic E-state index is -0.533. The zero-order valence-corrected chi connectivity index (χ0v) is 17.6. The quantitative estimate of drug-likeness (QED) is 0.475. The number of thiocarbonyl (C=S) groups is 1. The van der Waals surface area contributed by atoms with Crippen molar-refractivity contribution in [2.75, 3.05) is 13.7 Å². The van der Waals surface area contributed by atoms with Crippen molar-refractivity contribution in [1.82, 2.24) is 10.6 Å². The van der Waals surface area contributed by atoms with Gasteiger partial charge in [-0.15, -0.1) is 0 Å². The summed E-state index contributed by atoms with van der Waals surface area (Å²) in [5.41, 5.74) is 2.80. The third kappa shape index (κ3) is 3.62. The van der Waals surface area contributed by atoms with E-state index in [0.717, 1.165) is 21.9 Å². The molecule has 4 rings (SSSR count). The third-order valence-corrected chi connectivity index (χ3v) is 5.29. The van der Waals surface area contributed by atoms with E-state index >= 15 is 0 Å². The Labute approximate surface area is 180 Å². The van der Waals surface area contributed by atoms with Gasteiger partial charge in [0.25, 0.3) is 0 Å². The van der Waals surface area contributed by atoms with Gasteiger partial charge in [0.15, 0.2) is 5.11 Å². The molecule has 30 heavy (non-hydrogen) atoms. The molecule has 0 aromatic heterocycles. The highest BCUT2D eigenvalue weighted by Gasteiger charge is 2.35. The second-order valence-corrected chi connectivity index (χ2v) is 7.22. The van der Waals surface area contributed by atoms with Gasteiger partial charge in [-0.1, -0.05) is 60.7 Å². The monoisotopic (exact) mass is 418 g/mol. The summed E-state index contributed by atoms with van der Waals surface area (Å²) in [6.45, 7) is 2.07. The number of methoxy groups -OCH3 is 1. The van der Waals surface area contributed by atoms with E-state index in [0.29, 0.717) is 22.1 Å². The molecule has 3 aromatic carbocycles. The summed E-state index contributed by atoms with van der Waals surface area (Å²) < 4.78 is 11.1. The normalized spacial score (nSPS) is 16.1. The molecule has 2 N–H and O–H groups in total. The highest BCUT2D eigenvalue weighted by atomic mass is 32.1. The lowest BCUT2D eigenvalue weighted by atomic mass is 9.89. The van der Waals surface area contributed by atoms with Crippen LogP contribution in [-0.4, -0.2) is 24.8 Å². The molecule has 3 aromatic rings. The fraction of sp³-hybridized carbons (Fsp3) is 0.167. The van der Waals surface area contributed by atoms with Gasteiger partial charge in [-0.05, 0) is 41.5 Å². The molecule has 0 unspecified atom stereocenters. The van der Waals surface area contributed by atoms with E-state index < -0.39 is 12.0 Å². The van der Waals surface area contributed by atoms with Crippen molar-refractivity contribution in [1.29, 1.82) is 0 Å². The van der Waals surface area contributed by atoms with Crippen LogP contribution in [0.25, 0.3) is 16.5 Å².